The standard InChI is InChI=1S/C19H22N6S2/c1-14(22-24-18(26)20-16-9-5-3-6-10-16)13-15(2)23-25-19(27)21-17-11-7-4-8-12-17/h3-12H,13H2,1-2H3,(H2,20,24,26)(H2,21,25,27)/b22-14-,23-15+. The van der Waals surface area contributed by atoms with Gasteiger partial charge in [0.25, 0.3) is 0 Å². The number of hydrogen-bond donors (Lipinski definition) is 4. The Morgan fingerprint density at radius 1 is 0.704 bits per heavy atom. The lowest BCUT2D eigenvalue weighted by molar-refractivity contribution is 1.01. The molecule has 0 fully saturated rings. The third kappa shape index (κ3) is 8.39. The molecule has 0 bridgehead atoms. The number of hydrogen-bond acceptors (Lipinski definition) is 4. The van der Waals surface area contributed by atoms with Crippen molar-refractivity contribution in [3.05, 3.63) is 60.7 Å². The zero-order valence-electron chi connectivity index (χ0n) is 15.2. The third-order valence-corrected chi connectivity index (χ3v) is 3.66. The Hall–Kier alpha value is -2.84. The lowest BCUT2D eigenvalue weighted by atomic mass is 10.2. The zero-order valence-corrected chi connectivity index (χ0v) is 16.8. The van der Waals surface area contributed by atoms with Crippen LogP contribution in [0.2, 0.25) is 0 Å². The average molecular weight is 399 g/mol. The SMILES string of the molecule is C/C(C/C(C)=N/NC(=S)Nc1ccccc1)=N/NC(=S)Nc1ccccc1. The van der Waals surface area contributed by atoms with E-state index in [1.807, 2.05) is 74.5 Å². The second-order valence-corrected chi connectivity index (χ2v) is 6.55. The van der Waals surface area contributed by atoms with Gasteiger partial charge in [-0.2, -0.15) is 10.2 Å². The fourth-order valence-corrected chi connectivity index (χ4v) is 2.43. The first-order valence-electron chi connectivity index (χ1n) is 8.33. The molecule has 0 aromatic heterocycles. The van der Waals surface area contributed by atoms with E-state index >= 15 is 0 Å². The van der Waals surface area contributed by atoms with Crippen molar-refractivity contribution in [2.45, 2.75) is 20.3 Å². The largest absolute Gasteiger partial charge is 0.331 e. The van der Waals surface area contributed by atoms with Crippen molar-refractivity contribution in [2.24, 2.45) is 10.2 Å². The maximum absolute atomic E-state index is 5.22. The summed E-state index contributed by atoms with van der Waals surface area (Å²) in [5.41, 5.74) is 9.16. The Morgan fingerprint density at radius 3 is 1.44 bits per heavy atom. The fourth-order valence-electron chi connectivity index (χ4n) is 2.10. The van der Waals surface area contributed by atoms with Crippen LogP contribution in [-0.2, 0) is 0 Å². The number of rotatable bonds is 6. The van der Waals surface area contributed by atoms with Gasteiger partial charge < -0.3 is 10.6 Å². The van der Waals surface area contributed by atoms with E-state index in [9.17, 15) is 0 Å². The van der Waals surface area contributed by atoms with Gasteiger partial charge in [-0.1, -0.05) is 36.4 Å². The molecule has 2 rings (SSSR count). The Labute approximate surface area is 170 Å². The number of thiocarbonyl (C=S) groups is 2. The van der Waals surface area contributed by atoms with Crippen molar-refractivity contribution in [3.63, 3.8) is 0 Å². The molecule has 0 heterocycles. The van der Waals surface area contributed by atoms with Crippen LogP contribution >= 0.6 is 24.4 Å². The van der Waals surface area contributed by atoms with Crippen LogP contribution in [0.4, 0.5) is 11.4 Å². The quantitative estimate of drug-likeness (QED) is 0.334. The summed E-state index contributed by atoms with van der Waals surface area (Å²) in [6.07, 6.45) is 0.585. The molecule has 8 heteroatoms. The van der Waals surface area contributed by atoms with Crippen molar-refractivity contribution in [3.8, 4) is 0 Å². The molecule has 0 spiro atoms. The van der Waals surface area contributed by atoms with E-state index in [2.05, 4.69) is 31.7 Å². The molecule has 0 aliphatic carbocycles. The van der Waals surface area contributed by atoms with Crippen molar-refractivity contribution in [2.75, 3.05) is 10.6 Å². The van der Waals surface area contributed by atoms with E-state index in [0.717, 1.165) is 22.8 Å². The van der Waals surface area contributed by atoms with Crippen LogP contribution in [0.1, 0.15) is 20.3 Å². The summed E-state index contributed by atoms with van der Waals surface area (Å²) < 4.78 is 0. The first kappa shape index (κ1) is 20.5. The van der Waals surface area contributed by atoms with Gasteiger partial charge in [0.1, 0.15) is 0 Å². The van der Waals surface area contributed by atoms with Gasteiger partial charge in [0.05, 0.1) is 0 Å². The van der Waals surface area contributed by atoms with Gasteiger partial charge in [-0.25, -0.2) is 0 Å². The number of nitrogens with zero attached hydrogens (tertiary/aromatic N) is 2. The summed E-state index contributed by atoms with van der Waals surface area (Å²) in [5, 5.41) is 15.5. The Bertz CT molecular complexity index is 749. The molecular formula is C19H22N6S2. The zero-order chi connectivity index (χ0) is 19.5. The maximum atomic E-state index is 5.22. The van der Waals surface area contributed by atoms with Crippen LogP contribution < -0.4 is 21.5 Å². The summed E-state index contributed by atoms with van der Waals surface area (Å²) in [4.78, 5) is 0. The first-order valence-corrected chi connectivity index (χ1v) is 9.15. The molecule has 2 aromatic carbocycles. The third-order valence-electron chi connectivity index (χ3n) is 3.27. The van der Waals surface area contributed by atoms with Crippen molar-refractivity contribution in [1.29, 1.82) is 0 Å². The average Bonchev–Trinajstić information content (AvgIpc) is 2.66. The normalized spacial score (nSPS) is 11.5. The number of benzene rings is 2. The molecule has 0 saturated carbocycles. The van der Waals surface area contributed by atoms with Crippen LogP contribution in [0.25, 0.3) is 0 Å². The van der Waals surface area contributed by atoms with E-state index in [1.54, 1.807) is 0 Å². The molecule has 0 aliphatic heterocycles. The van der Waals surface area contributed by atoms with Gasteiger partial charge in [0, 0.05) is 29.2 Å². The minimum absolute atomic E-state index is 0.432. The molecule has 0 unspecified atom stereocenters. The highest BCUT2D eigenvalue weighted by molar-refractivity contribution is 7.80. The highest BCUT2D eigenvalue weighted by atomic mass is 32.1. The highest BCUT2D eigenvalue weighted by Crippen LogP contribution is 2.05. The van der Waals surface area contributed by atoms with Crippen molar-refractivity contribution >= 4 is 57.5 Å². The Morgan fingerprint density at radius 2 is 1.07 bits per heavy atom. The number of anilines is 2. The van der Waals surface area contributed by atoms with Gasteiger partial charge in [-0.3, -0.25) is 10.9 Å². The smallest absolute Gasteiger partial charge is 0.191 e. The Kier molecular flexibility index (Phi) is 8.34. The van der Waals surface area contributed by atoms with Crippen LogP contribution in [0.5, 0.6) is 0 Å². The maximum Gasteiger partial charge on any atom is 0.191 e. The topological polar surface area (TPSA) is 72.8 Å². The number of hydrazone groups is 2. The van der Waals surface area contributed by atoms with Gasteiger partial charge >= 0.3 is 0 Å². The minimum atomic E-state index is 0.432. The Balaban J connectivity index is 1.75. The summed E-state index contributed by atoms with van der Waals surface area (Å²) in [7, 11) is 0. The van der Waals surface area contributed by atoms with Crippen LogP contribution in [0.3, 0.4) is 0 Å². The van der Waals surface area contributed by atoms with E-state index in [0.29, 0.717) is 16.6 Å². The molecule has 0 atom stereocenters. The lowest BCUT2D eigenvalue weighted by Crippen LogP contribution is -2.26. The van der Waals surface area contributed by atoms with E-state index in [1.165, 1.54) is 0 Å². The van der Waals surface area contributed by atoms with E-state index < -0.39 is 0 Å². The first-order chi connectivity index (χ1) is 13.0. The van der Waals surface area contributed by atoms with Gasteiger partial charge in [-0.05, 0) is 62.5 Å². The molecule has 4 N–H and O–H groups in total. The van der Waals surface area contributed by atoms with Gasteiger partial charge in [0.15, 0.2) is 10.2 Å². The second kappa shape index (κ2) is 11.0. The fraction of sp³-hybridized carbons (Fsp3) is 0.158. The molecule has 0 saturated heterocycles. The summed E-state index contributed by atoms with van der Waals surface area (Å²) >= 11 is 10.4. The number of nitrogens with one attached hydrogen (secondary N) is 4. The lowest BCUT2D eigenvalue weighted by Gasteiger charge is -2.09. The van der Waals surface area contributed by atoms with Crippen LogP contribution in [0.15, 0.2) is 70.9 Å². The van der Waals surface area contributed by atoms with Crippen LogP contribution in [0, 0.1) is 0 Å². The van der Waals surface area contributed by atoms with E-state index in [-0.39, 0.29) is 0 Å². The van der Waals surface area contributed by atoms with Crippen molar-refractivity contribution in [1.82, 2.24) is 10.9 Å². The predicted molar refractivity (Wildman–Crippen MR) is 122 cm³/mol. The molecule has 6 nitrogen and oxygen atoms in total. The molecule has 0 aliphatic rings. The van der Waals surface area contributed by atoms with Crippen LogP contribution in [-0.4, -0.2) is 21.6 Å². The molecular weight excluding hydrogens is 376 g/mol. The second-order valence-electron chi connectivity index (χ2n) is 5.73. The minimum Gasteiger partial charge on any atom is -0.331 e. The molecule has 0 amide bonds. The number of para-hydroxylation sites is 2. The molecule has 27 heavy (non-hydrogen) atoms. The molecule has 140 valence electrons. The van der Waals surface area contributed by atoms with Gasteiger partial charge in [-0.15, -0.1) is 0 Å². The molecule has 2 aromatic rings. The monoisotopic (exact) mass is 398 g/mol. The summed E-state index contributed by atoms with van der Waals surface area (Å²) in [6, 6.07) is 19.3. The molecule has 0 radical (unpaired) electrons. The van der Waals surface area contributed by atoms with E-state index in [4.69, 9.17) is 24.4 Å². The highest BCUT2D eigenvalue weighted by Gasteiger charge is 2.00. The summed E-state index contributed by atoms with van der Waals surface area (Å²) in [6.45, 7) is 3.80. The van der Waals surface area contributed by atoms with Gasteiger partial charge in [0.2, 0.25) is 0 Å². The van der Waals surface area contributed by atoms with Crippen molar-refractivity contribution < 1.29 is 0 Å². The summed E-state index contributed by atoms with van der Waals surface area (Å²) in [5.74, 6) is 0. The predicted octanol–water partition coefficient (Wildman–Crippen LogP) is 4.10.